The first-order chi connectivity index (χ1) is 9.41. The van der Waals surface area contributed by atoms with E-state index in [9.17, 15) is 9.90 Å². The monoisotopic (exact) mass is 296 g/mol. The number of nitrogen functional groups attached to an aromatic ring is 1. The maximum Gasteiger partial charge on any atom is 0.337 e. The Morgan fingerprint density at radius 1 is 1.40 bits per heavy atom. The van der Waals surface area contributed by atoms with Crippen LogP contribution < -0.4 is 11.1 Å². The maximum absolute atomic E-state index is 11.3. The van der Waals surface area contributed by atoms with Crippen LogP contribution >= 0.6 is 11.6 Å². The molecule has 0 aliphatic heterocycles. The van der Waals surface area contributed by atoms with Gasteiger partial charge in [-0.3, -0.25) is 0 Å². The van der Waals surface area contributed by atoms with Crippen molar-refractivity contribution in [3.63, 3.8) is 0 Å². The fourth-order valence-corrected chi connectivity index (χ4v) is 3.15. The third kappa shape index (κ3) is 3.37. The van der Waals surface area contributed by atoms with Gasteiger partial charge in [0.1, 0.15) is 0 Å². The topological polar surface area (TPSA) is 75.3 Å². The average molecular weight is 297 g/mol. The number of benzene rings is 1. The fourth-order valence-electron chi connectivity index (χ4n) is 2.86. The highest BCUT2D eigenvalue weighted by Crippen LogP contribution is 2.37. The number of halogens is 1. The molecule has 0 amide bonds. The summed E-state index contributed by atoms with van der Waals surface area (Å²) in [7, 11) is 0. The van der Waals surface area contributed by atoms with E-state index in [2.05, 4.69) is 12.2 Å². The Morgan fingerprint density at radius 3 is 2.65 bits per heavy atom. The van der Waals surface area contributed by atoms with Gasteiger partial charge in [0.05, 0.1) is 16.3 Å². The second kappa shape index (κ2) is 5.92. The first-order valence-electron chi connectivity index (χ1n) is 6.97. The number of aromatic carboxylic acids is 1. The zero-order valence-corrected chi connectivity index (χ0v) is 12.5. The van der Waals surface area contributed by atoms with Gasteiger partial charge in [-0.1, -0.05) is 37.8 Å². The van der Waals surface area contributed by atoms with E-state index in [-0.39, 0.29) is 11.0 Å². The number of hydrogen-bond donors (Lipinski definition) is 3. The van der Waals surface area contributed by atoms with E-state index < -0.39 is 5.97 Å². The van der Waals surface area contributed by atoms with Gasteiger partial charge in [-0.15, -0.1) is 0 Å². The fraction of sp³-hybridized carbons (Fsp3) is 0.533. The number of hydrogen-bond acceptors (Lipinski definition) is 3. The Kier molecular flexibility index (Phi) is 4.43. The number of carboxylic acid groups (broad SMARTS) is 1. The van der Waals surface area contributed by atoms with Crippen LogP contribution in [0.15, 0.2) is 12.1 Å². The minimum absolute atomic E-state index is 0.134. The van der Waals surface area contributed by atoms with Crippen molar-refractivity contribution in [2.24, 2.45) is 5.41 Å². The van der Waals surface area contributed by atoms with Gasteiger partial charge in [0.2, 0.25) is 0 Å². The molecule has 1 saturated carbocycles. The minimum atomic E-state index is -1.02. The molecule has 2 rings (SSSR count). The summed E-state index contributed by atoms with van der Waals surface area (Å²) < 4.78 is 0. The highest BCUT2D eigenvalue weighted by atomic mass is 35.5. The van der Waals surface area contributed by atoms with Crippen molar-refractivity contribution < 1.29 is 9.90 Å². The van der Waals surface area contributed by atoms with E-state index in [1.165, 1.54) is 25.3 Å². The number of carboxylic acids is 1. The van der Waals surface area contributed by atoms with E-state index in [1.54, 1.807) is 6.07 Å². The van der Waals surface area contributed by atoms with Crippen molar-refractivity contribution in [2.45, 2.75) is 39.0 Å². The van der Waals surface area contributed by atoms with Crippen LogP contribution in [0.3, 0.4) is 0 Å². The smallest absolute Gasteiger partial charge is 0.337 e. The van der Waals surface area contributed by atoms with Gasteiger partial charge in [-0.2, -0.15) is 0 Å². The molecule has 0 aromatic heterocycles. The summed E-state index contributed by atoms with van der Waals surface area (Å²) in [6, 6.07) is 3.03. The molecule has 0 radical (unpaired) electrons. The number of nitrogens with one attached hydrogen (secondary N) is 1. The lowest BCUT2D eigenvalue weighted by atomic mass is 9.75. The van der Waals surface area contributed by atoms with Crippen LogP contribution in [0.5, 0.6) is 0 Å². The number of anilines is 2. The van der Waals surface area contributed by atoms with Crippen molar-refractivity contribution in [2.75, 3.05) is 17.6 Å². The summed E-state index contributed by atoms with van der Waals surface area (Å²) in [5, 5.41) is 12.9. The predicted molar refractivity (Wildman–Crippen MR) is 82.5 cm³/mol. The van der Waals surface area contributed by atoms with Gasteiger partial charge in [-0.25, -0.2) is 4.79 Å². The van der Waals surface area contributed by atoms with Gasteiger partial charge in [0, 0.05) is 12.2 Å². The summed E-state index contributed by atoms with van der Waals surface area (Å²) in [4.78, 5) is 11.3. The van der Waals surface area contributed by atoms with Crippen LogP contribution in [0, 0.1) is 5.41 Å². The molecule has 0 bridgehead atoms. The van der Waals surface area contributed by atoms with Crippen LogP contribution in [0.1, 0.15) is 49.4 Å². The molecule has 0 unspecified atom stereocenters. The van der Waals surface area contributed by atoms with E-state index in [4.69, 9.17) is 17.3 Å². The molecule has 1 aliphatic carbocycles. The molecule has 0 saturated heterocycles. The van der Waals surface area contributed by atoms with Crippen LogP contribution in [-0.2, 0) is 0 Å². The van der Waals surface area contributed by atoms with Gasteiger partial charge < -0.3 is 16.2 Å². The van der Waals surface area contributed by atoms with Crippen molar-refractivity contribution in [1.82, 2.24) is 0 Å². The number of rotatable bonds is 4. The number of carbonyl (C=O) groups is 1. The zero-order valence-electron chi connectivity index (χ0n) is 11.7. The van der Waals surface area contributed by atoms with Crippen LogP contribution in [0.4, 0.5) is 11.4 Å². The molecule has 1 fully saturated rings. The van der Waals surface area contributed by atoms with Gasteiger partial charge in [0.15, 0.2) is 0 Å². The summed E-state index contributed by atoms with van der Waals surface area (Å²) in [5.41, 5.74) is 6.83. The Labute approximate surface area is 124 Å². The SMILES string of the molecule is CC1(CNc2c(Cl)cc(N)cc2C(=O)O)CCCCC1. The predicted octanol–water partition coefficient (Wildman–Crippen LogP) is 4.00. The van der Waals surface area contributed by atoms with Crippen molar-refractivity contribution >= 4 is 28.9 Å². The Hall–Kier alpha value is -1.42. The van der Waals surface area contributed by atoms with E-state index >= 15 is 0 Å². The van der Waals surface area contributed by atoms with Crippen molar-refractivity contribution in [3.05, 3.63) is 22.7 Å². The Bertz CT molecular complexity index is 511. The highest BCUT2D eigenvalue weighted by molar-refractivity contribution is 6.34. The lowest BCUT2D eigenvalue weighted by Gasteiger charge is -2.34. The normalized spacial score (nSPS) is 17.7. The van der Waals surface area contributed by atoms with Crippen LogP contribution in [0.25, 0.3) is 0 Å². The third-order valence-electron chi connectivity index (χ3n) is 4.10. The van der Waals surface area contributed by atoms with Gasteiger partial charge in [-0.05, 0) is 30.4 Å². The Morgan fingerprint density at radius 2 is 2.05 bits per heavy atom. The van der Waals surface area contributed by atoms with Crippen LogP contribution in [-0.4, -0.2) is 17.6 Å². The molecule has 4 N–H and O–H groups in total. The molecule has 1 aromatic carbocycles. The first kappa shape index (κ1) is 15.0. The lowest BCUT2D eigenvalue weighted by Crippen LogP contribution is -2.29. The minimum Gasteiger partial charge on any atom is -0.478 e. The first-order valence-corrected chi connectivity index (χ1v) is 7.35. The maximum atomic E-state index is 11.3. The van der Waals surface area contributed by atoms with Crippen LogP contribution in [0.2, 0.25) is 5.02 Å². The molecular formula is C15H21ClN2O2. The molecule has 1 aromatic rings. The third-order valence-corrected chi connectivity index (χ3v) is 4.39. The van der Waals surface area contributed by atoms with Crippen molar-refractivity contribution in [1.29, 1.82) is 0 Å². The molecule has 0 heterocycles. The van der Waals surface area contributed by atoms with Gasteiger partial charge >= 0.3 is 5.97 Å². The zero-order chi connectivity index (χ0) is 14.8. The summed E-state index contributed by atoms with van der Waals surface area (Å²) in [6.07, 6.45) is 6.08. The molecule has 5 heteroatoms. The van der Waals surface area contributed by atoms with Crippen molar-refractivity contribution in [3.8, 4) is 0 Å². The van der Waals surface area contributed by atoms with E-state index in [1.807, 2.05) is 0 Å². The lowest BCUT2D eigenvalue weighted by molar-refractivity contribution is 0.0698. The molecule has 20 heavy (non-hydrogen) atoms. The van der Waals surface area contributed by atoms with E-state index in [0.29, 0.717) is 16.4 Å². The molecule has 0 atom stereocenters. The highest BCUT2D eigenvalue weighted by Gasteiger charge is 2.27. The summed E-state index contributed by atoms with van der Waals surface area (Å²) in [5.74, 6) is -1.02. The molecule has 0 spiro atoms. The quantitative estimate of drug-likeness (QED) is 0.734. The summed E-state index contributed by atoms with van der Waals surface area (Å²) >= 11 is 6.14. The molecule has 110 valence electrons. The Balaban J connectivity index is 2.18. The molecule has 4 nitrogen and oxygen atoms in total. The van der Waals surface area contributed by atoms with E-state index in [0.717, 1.165) is 19.4 Å². The largest absolute Gasteiger partial charge is 0.478 e. The number of nitrogens with two attached hydrogens (primary N) is 1. The second-order valence-electron chi connectivity index (χ2n) is 5.96. The van der Waals surface area contributed by atoms with Gasteiger partial charge in [0.25, 0.3) is 0 Å². The summed E-state index contributed by atoms with van der Waals surface area (Å²) in [6.45, 7) is 2.97. The molecule has 1 aliphatic rings. The second-order valence-corrected chi connectivity index (χ2v) is 6.36. The molecular weight excluding hydrogens is 276 g/mol. The average Bonchev–Trinajstić information content (AvgIpc) is 2.37. The standard InChI is InChI=1S/C15H21ClN2O2/c1-15(5-3-2-4-6-15)9-18-13-11(14(19)20)7-10(17)8-12(13)16/h7-8,18H,2-6,9,17H2,1H3,(H,19,20).